The van der Waals surface area contributed by atoms with Crippen molar-refractivity contribution in [1.29, 1.82) is 0 Å². The molecule has 1 aromatic rings. The maximum Gasteiger partial charge on any atom is 0.410 e. The number of carbonyl (C=O) groups excluding carboxylic acids is 1. The number of rotatable bonds is 6. The van der Waals surface area contributed by atoms with Crippen molar-refractivity contribution in [3.05, 3.63) is 35.9 Å². The molecule has 0 aromatic heterocycles. The van der Waals surface area contributed by atoms with E-state index in [-0.39, 0.29) is 25.2 Å². The predicted molar refractivity (Wildman–Crippen MR) is 86.3 cm³/mol. The van der Waals surface area contributed by atoms with Crippen molar-refractivity contribution in [3.8, 4) is 0 Å². The Labute approximate surface area is 137 Å². The third kappa shape index (κ3) is 6.58. The second-order valence-corrected chi connectivity index (χ2v) is 7.45. The Hall–Kier alpha value is -1.60. The van der Waals surface area contributed by atoms with E-state index in [2.05, 4.69) is 0 Å². The van der Waals surface area contributed by atoms with Crippen LogP contribution in [0.1, 0.15) is 24.8 Å². The summed E-state index contributed by atoms with van der Waals surface area (Å²) < 4.78 is 32.0. The predicted octanol–water partition coefficient (Wildman–Crippen LogP) is 2.40. The molecule has 0 aliphatic carbocycles. The standard InChI is InChI=1S/C16H23NO5S/c1-23(19,20)22-11-9-14-8-5-10-17(12-14)16(18)21-13-15-6-3-2-4-7-15/h2-4,6-7,14H,5,8-13H2,1H3. The molecule has 1 unspecified atom stereocenters. The summed E-state index contributed by atoms with van der Waals surface area (Å²) in [5.41, 5.74) is 0.955. The summed E-state index contributed by atoms with van der Waals surface area (Å²) in [7, 11) is -3.40. The van der Waals surface area contributed by atoms with Gasteiger partial charge in [-0.15, -0.1) is 0 Å². The zero-order valence-corrected chi connectivity index (χ0v) is 14.1. The highest BCUT2D eigenvalue weighted by Crippen LogP contribution is 2.20. The number of hydrogen-bond donors (Lipinski definition) is 0. The fourth-order valence-electron chi connectivity index (χ4n) is 2.64. The fourth-order valence-corrected chi connectivity index (χ4v) is 3.04. The van der Waals surface area contributed by atoms with Gasteiger partial charge in [0.15, 0.2) is 0 Å². The third-order valence-electron chi connectivity index (χ3n) is 3.81. The molecule has 1 heterocycles. The van der Waals surface area contributed by atoms with Crippen molar-refractivity contribution in [2.24, 2.45) is 5.92 Å². The molecule has 1 saturated heterocycles. The van der Waals surface area contributed by atoms with Crippen LogP contribution in [0.15, 0.2) is 30.3 Å². The zero-order chi connectivity index (χ0) is 16.7. The summed E-state index contributed by atoms with van der Waals surface area (Å²) in [5.74, 6) is 0.245. The Morgan fingerprint density at radius 3 is 2.74 bits per heavy atom. The van der Waals surface area contributed by atoms with Gasteiger partial charge in [-0.3, -0.25) is 4.18 Å². The average Bonchev–Trinajstić information content (AvgIpc) is 2.53. The van der Waals surface area contributed by atoms with E-state index in [1.807, 2.05) is 30.3 Å². The van der Waals surface area contributed by atoms with Gasteiger partial charge >= 0.3 is 6.09 Å². The minimum Gasteiger partial charge on any atom is -0.445 e. The smallest absolute Gasteiger partial charge is 0.410 e. The topological polar surface area (TPSA) is 72.9 Å². The van der Waals surface area contributed by atoms with Gasteiger partial charge in [0.1, 0.15) is 6.61 Å². The number of nitrogens with zero attached hydrogens (tertiary/aromatic N) is 1. The first kappa shape index (κ1) is 17.7. The van der Waals surface area contributed by atoms with Crippen LogP contribution in [-0.4, -0.2) is 45.4 Å². The van der Waals surface area contributed by atoms with E-state index >= 15 is 0 Å². The molecular weight excluding hydrogens is 318 g/mol. The molecule has 1 aliphatic heterocycles. The van der Waals surface area contributed by atoms with Crippen molar-refractivity contribution in [3.63, 3.8) is 0 Å². The number of piperidine rings is 1. The number of likely N-dealkylation sites (tertiary alicyclic amines) is 1. The molecule has 1 fully saturated rings. The van der Waals surface area contributed by atoms with Crippen molar-refractivity contribution < 1.29 is 22.1 Å². The molecule has 1 aromatic carbocycles. The van der Waals surface area contributed by atoms with Gasteiger partial charge in [-0.1, -0.05) is 30.3 Å². The fraction of sp³-hybridized carbons (Fsp3) is 0.562. The highest BCUT2D eigenvalue weighted by molar-refractivity contribution is 7.85. The maximum absolute atomic E-state index is 12.1. The second-order valence-electron chi connectivity index (χ2n) is 5.81. The van der Waals surface area contributed by atoms with E-state index in [0.717, 1.165) is 24.7 Å². The molecule has 7 heteroatoms. The van der Waals surface area contributed by atoms with Crippen LogP contribution < -0.4 is 0 Å². The molecule has 1 aliphatic rings. The van der Waals surface area contributed by atoms with Gasteiger partial charge in [0, 0.05) is 13.1 Å². The molecule has 0 saturated carbocycles. The van der Waals surface area contributed by atoms with Gasteiger partial charge in [0.25, 0.3) is 10.1 Å². The van der Waals surface area contributed by atoms with E-state index in [1.165, 1.54) is 0 Å². The van der Waals surface area contributed by atoms with Crippen molar-refractivity contribution >= 4 is 16.2 Å². The van der Waals surface area contributed by atoms with E-state index < -0.39 is 10.1 Å². The van der Waals surface area contributed by atoms with Crippen LogP contribution in [0.25, 0.3) is 0 Å². The monoisotopic (exact) mass is 341 g/mol. The van der Waals surface area contributed by atoms with Crippen LogP contribution in [0.2, 0.25) is 0 Å². The summed E-state index contributed by atoms with van der Waals surface area (Å²) in [6.07, 6.45) is 3.21. The molecule has 0 spiro atoms. The van der Waals surface area contributed by atoms with Gasteiger partial charge in [-0.2, -0.15) is 8.42 Å². The molecule has 6 nitrogen and oxygen atoms in total. The summed E-state index contributed by atoms with van der Waals surface area (Å²) in [5, 5.41) is 0. The summed E-state index contributed by atoms with van der Waals surface area (Å²) in [6.45, 7) is 1.69. The van der Waals surface area contributed by atoms with Crippen LogP contribution in [0.4, 0.5) is 4.79 Å². The lowest BCUT2D eigenvalue weighted by atomic mass is 9.95. The molecule has 0 bridgehead atoms. The molecule has 0 radical (unpaired) electrons. The van der Waals surface area contributed by atoms with E-state index in [9.17, 15) is 13.2 Å². The molecule has 23 heavy (non-hydrogen) atoms. The van der Waals surface area contributed by atoms with Gasteiger partial charge in [0.05, 0.1) is 12.9 Å². The Morgan fingerprint density at radius 1 is 1.30 bits per heavy atom. The van der Waals surface area contributed by atoms with Crippen LogP contribution in [0.3, 0.4) is 0 Å². The van der Waals surface area contributed by atoms with Crippen LogP contribution in [0, 0.1) is 5.92 Å². The van der Waals surface area contributed by atoms with Gasteiger partial charge in [0.2, 0.25) is 0 Å². The van der Waals surface area contributed by atoms with Gasteiger partial charge < -0.3 is 9.64 Å². The van der Waals surface area contributed by atoms with Crippen molar-refractivity contribution in [2.75, 3.05) is 26.0 Å². The highest BCUT2D eigenvalue weighted by atomic mass is 32.2. The van der Waals surface area contributed by atoms with Crippen molar-refractivity contribution in [1.82, 2.24) is 4.90 Å². The zero-order valence-electron chi connectivity index (χ0n) is 13.3. The molecule has 1 amide bonds. The molecule has 128 valence electrons. The molecular formula is C16H23NO5S. The maximum atomic E-state index is 12.1. The van der Waals surface area contributed by atoms with Crippen LogP contribution >= 0.6 is 0 Å². The second kappa shape index (κ2) is 8.31. The Morgan fingerprint density at radius 2 is 2.04 bits per heavy atom. The Balaban J connectivity index is 1.75. The van der Waals surface area contributed by atoms with Crippen molar-refractivity contribution in [2.45, 2.75) is 25.9 Å². The summed E-state index contributed by atoms with van der Waals surface area (Å²) >= 11 is 0. The number of benzene rings is 1. The van der Waals surface area contributed by atoms with E-state index in [0.29, 0.717) is 19.5 Å². The first-order valence-corrected chi connectivity index (χ1v) is 9.56. The number of amides is 1. The summed E-state index contributed by atoms with van der Waals surface area (Å²) in [4.78, 5) is 13.8. The molecule has 2 rings (SSSR count). The van der Waals surface area contributed by atoms with Crippen LogP contribution in [-0.2, 0) is 25.6 Å². The lowest BCUT2D eigenvalue weighted by molar-refractivity contribution is 0.0759. The molecule has 0 N–H and O–H groups in total. The average molecular weight is 341 g/mol. The Kier molecular flexibility index (Phi) is 6.41. The SMILES string of the molecule is CS(=O)(=O)OCCC1CCCN(C(=O)OCc2ccccc2)C1. The van der Waals surface area contributed by atoms with Crippen LogP contribution in [0.5, 0.6) is 0 Å². The normalized spacial score (nSPS) is 18.7. The van der Waals surface area contributed by atoms with E-state index in [4.69, 9.17) is 8.92 Å². The Bertz CT molecular complexity index is 602. The van der Waals surface area contributed by atoms with Gasteiger partial charge in [-0.25, -0.2) is 4.79 Å². The minimum atomic E-state index is -3.40. The number of carbonyl (C=O) groups is 1. The lowest BCUT2D eigenvalue weighted by Crippen LogP contribution is -2.40. The first-order valence-electron chi connectivity index (χ1n) is 7.74. The minimum absolute atomic E-state index is 0.163. The highest BCUT2D eigenvalue weighted by Gasteiger charge is 2.24. The third-order valence-corrected chi connectivity index (χ3v) is 4.40. The largest absolute Gasteiger partial charge is 0.445 e. The number of hydrogen-bond acceptors (Lipinski definition) is 5. The van der Waals surface area contributed by atoms with Gasteiger partial charge in [-0.05, 0) is 30.7 Å². The number of ether oxygens (including phenoxy) is 1. The summed E-state index contributed by atoms with van der Waals surface area (Å²) in [6, 6.07) is 9.55. The lowest BCUT2D eigenvalue weighted by Gasteiger charge is -2.31. The van der Waals surface area contributed by atoms with E-state index in [1.54, 1.807) is 4.90 Å². The quantitative estimate of drug-likeness (QED) is 0.743. The first-order chi connectivity index (χ1) is 10.9. The molecule has 1 atom stereocenters.